The lowest BCUT2D eigenvalue weighted by Crippen LogP contribution is -2.37. The Morgan fingerprint density at radius 2 is 1.81 bits per heavy atom. The lowest BCUT2D eigenvalue weighted by atomic mass is 10.3. The molecule has 0 N–H and O–H groups in total. The van der Waals surface area contributed by atoms with E-state index in [2.05, 4.69) is 4.90 Å². The molecule has 1 saturated heterocycles. The molecule has 1 aromatic heterocycles. The fourth-order valence-corrected chi connectivity index (χ4v) is 4.19. The zero-order valence-corrected chi connectivity index (χ0v) is 20.0. The molecule has 1 fully saturated rings. The van der Waals surface area contributed by atoms with E-state index in [9.17, 15) is 0 Å². The van der Waals surface area contributed by atoms with E-state index in [4.69, 9.17) is 54.7 Å². The van der Waals surface area contributed by atoms with Crippen molar-refractivity contribution in [1.82, 2.24) is 19.2 Å². The summed E-state index contributed by atoms with van der Waals surface area (Å²) < 4.78 is 21.3. The lowest BCUT2D eigenvalue weighted by Gasteiger charge is -2.26. The van der Waals surface area contributed by atoms with Gasteiger partial charge in [-0.25, -0.2) is 4.68 Å². The molecular weight excluding hydrogens is 471 g/mol. The van der Waals surface area contributed by atoms with Gasteiger partial charge in [0, 0.05) is 18.1 Å². The van der Waals surface area contributed by atoms with Gasteiger partial charge in [0.15, 0.2) is 5.82 Å². The molecule has 0 atom stereocenters. The van der Waals surface area contributed by atoms with Crippen LogP contribution in [0.1, 0.15) is 12.7 Å². The number of rotatable bonds is 8. The maximum atomic E-state index is 6.27. The van der Waals surface area contributed by atoms with Gasteiger partial charge in [0.05, 0.1) is 37.2 Å². The van der Waals surface area contributed by atoms with Crippen molar-refractivity contribution in [3.05, 3.63) is 63.1 Å². The molecule has 10 heteroatoms. The summed E-state index contributed by atoms with van der Waals surface area (Å²) in [6.45, 7) is 6.42. The van der Waals surface area contributed by atoms with E-state index in [1.54, 1.807) is 18.2 Å². The van der Waals surface area contributed by atoms with Crippen molar-refractivity contribution in [2.24, 2.45) is 0 Å². The second-order valence-corrected chi connectivity index (χ2v) is 8.40. The summed E-state index contributed by atoms with van der Waals surface area (Å²) in [5.41, 5.74) is 0.882. The van der Waals surface area contributed by atoms with Crippen LogP contribution in [0.5, 0.6) is 11.5 Å². The van der Waals surface area contributed by atoms with Crippen molar-refractivity contribution in [3.63, 3.8) is 0 Å². The molecule has 0 radical (unpaired) electrons. The summed E-state index contributed by atoms with van der Waals surface area (Å²) in [5.74, 6) is 2.00. The van der Waals surface area contributed by atoms with Crippen LogP contribution in [0, 0.1) is 4.77 Å². The third-order valence-electron chi connectivity index (χ3n) is 5.00. The van der Waals surface area contributed by atoms with Gasteiger partial charge in [-0.05, 0) is 61.6 Å². The Hall–Kier alpha value is -2.10. The van der Waals surface area contributed by atoms with E-state index in [-0.39, 0.29) is 6.61 Å². The average Bonchev–Trinajstić information content (AvgIpc) is 3.09. The Bertz CT molecular complexity index is 1110. The Morgan fingerprint density at radius 3 is 2.50 bits per heavy atom. The molecule has 0 aliphatic carbocycles. The number of hydrogen-bond acceptors (Lipinski definition) is 6. The molecule has 0 unspecified atom stereocenters. The van der Waals surface area contributed by atoms with E-state index < -0.39 is 0 Å². The Labute approximate surface area is 202 Å². The molecule has 1 aliphatic rings. The maximum Gasteiger partial charge on any atom is 0.203 e. The van der Waals surface area contributed by atoms with E-state index in [0.29, 0.717) is 52.9 Å². The summed E-state index contributed by atoms with van der Waals surface area (Å²) in [4.78, 5) is 2.26. The van der Waals surface area contributed by atoms with Gasteiger partial charge < -0.3 is 14.2 Å². The number of morpholine rings is 1. The van der Waals surface area contributed by atoms with Gasteiger partial charge in [0.1, 0.15) is 18.1 Å². The quantitative estimate of drug-likeness (QED) is 0.411. The van der Waals surface area contributed by atoms with Crippen molar-refractivity contribution in [1.29, 1.82) is 0 Å². The van der Waals surface area contributed by atoms with Crippen molar-refractivity contribution in [2.45, 2.75) is 20.2 Å². The Balaban J connectivity index is 1.64. The molecule has 2 heterocycles. The van der Waals surface area contributed by atoms with Crippen LogP contribution in [-0.2, 0) is 18.0 Å². The molecule has 7 nitrogen and oxygen atoms in total. The minimum absolute atomic E-state index is 0.189. The zero-order valence-electron chi connectivity index (χ0n) is 17.7. The first-order chi connectivity index (χ1) is 15.5. The van der Waals surface area contributed by atoms with Gasteiger partial charge in [0.25, 0.3) is 0 Å². The van der Waals surface area contributed by atoms with Crippen LogP contribution in [0.2, 0.25) is 10.0 Å². The summed E-state index contributed by atoms with van der Waals surface area (Å²) in [6.07, 6.45) is 0. The van der Waals surface area contributed by atoms with Crippen LogP contribution in [0.25, 0.3) is 5.69 Å². The van der Waals surface area contributed by atoms with Gasteiger partial charge in [-0.3, -0.25) is 9.47 Å². The highest BCUT2D eigenvalue weighted by molar-refractivity contribution is 7.71. The molecule has 1 aliphatic heterocycles. The molecule has 0 saturated carbocycles. The minimum atomic E-state index is 0.189. The van der Waals surface area contributed by atoms with Crippen molar-refractivity contribution in [3.8, 4) is 17.2 Å². The standard InChI is InChI=1S/C22H24Cl2N4O3S/c1-2-30-18-6-4-17(5-7-18)28-21(14-31-20-8-3-16(23)13-19(20)24)25-27(22(28)32)15-26-9-11-29-12-10-26/h3-8,13H,2,9-12,14-15H2,1H3. The maximum absolute atomic E-state index is 6.27. The summed E-state index contributed by atoms with van der Waals surface area (Å²) in [7, 11) is 0. The first-order valence-electron chi connectivity index (χ1n) is 10.3. The first kappa shape index (κ1) is 23.1. The number of nitrogens with zero attached hydrogens (tertiary/aromatic N) is 4. The lowest BCUT2D eigenvalue weighted by molar-refractivity contribution is 0.0209. The molecule has 32 heavy (non-hydrogen) atoms. The molecule has 0 bridgehead atoms. The van der Waals surface area contributed by atoms with E-state index in [0.717, 1.165) is 24.5 Å². The molecular formula is C22H24Cl2N4O3S. The zero-order chi connectivity index (χ0) is 22.5. The number of aromatic nitrogens is 3. The van der Waals surface area contributed by atoms with Crippen LogP contribution in [0.4, 0.5) is 0 Å². The van der Waals surface area contributed by atoms with Crippen molar-refractivity contribution >= 4 is 35.4 Å². The van der Waals surface area contributed by atoms with Gasteiger partial charge in [-0.2, -0.15) is 5.10 Å². The van der Waals surface area contributed by atoms with Crippen molar-refractivity contribution in [2.75, 3.05) is 32.9 Å². The van der Waals surface area contributed by atoms with Crippen LogP contribution in [-0.4, -0.2) is 52.2 Å². The van der Waals surface area contributed by atoms with E-state index in [1.165, 1.54) is 0 Å². The number of ether oxygens (including phenoxy) is 3. The first-order valence-corrected chi connectivity index (χ1v) is 11.5. The highest BCUT2D eigenvalue weighted by Gasteiger charge is 2.18. The normalized spacial score (nSPS) is 14.5. The van der Waals surface area contributed by atoms with Crippen LogP contribution in [0.15, 0.2) is 42.5 Å². The van der Waals surface area contributed by atoms with Gasteiger partial charge in [0.2, 0.25) is 4.77 Å². The second-order valence-electron chi connectivity index (χ2n) is 7.20. The summed E-state index contributed by atoms with van der Waals surface area (Å²) in [5, 5.41) is 5.76. The fourth-order valence-electron chi connectivity index (χ4n) is 3.42. The Kier molecular flexibility index (Phi) is 7.70. The summed E-state index contributed by atoms with van der Waals surface area (Å²) in [6, 6.07) is 12.9. The van der Waals surface area contributed by atoms with Crippen LogP contribution >= 0.6 is 35.4 Å². The number of hydrogen-bond donors (Lipinski definition) is 0. The second kappa shape index (κ2) is 10.7. The SMILES string of the molecule is CCOc1ccc(-n2c(COc3ccc(Cl)cc3Cl)nn(CN3CCOCC3)c2=S)cc1. The average molecular weight is 495 g/mol. The topological polar surface area (TPSA) is 53.7 Å². The molecule has 3 aromatic rings. The predicted octanol–water partition coefficient (Wildman–Crippen LogP) is 4.98. The largest absolute Gasteiger partial charge is 0.494 e. The van der Waals surface area contributed by atoms with Crippen LogP contribution in [0.3, 0.4) is 0 Å². The third-order valence-corrected chi connectivity index (χ3v) is 5.92. The minimum Gasteiger partial charge on any atom is -0.494 e. The molecule has 0 spiro atoms. The van der Waals surface area contributed by atoms with Gasteiger partial charge in [-0.15, -0.1) is 0 Å². The summed E-state index contributed by atoms with van der Waals surface area (Å²) >= 11 is 18.1. The van der Waals surface area contributed by atoms with Gasteiger partial charge in [-0.1, -0.05) is 23.2 Å². The smallest absolute Gasteiger partial charge is 0.203 e. The molecule has 2 aromatic carbocycles. The van der Waals surface area contributed by atoms with E-state index in [1.807, 2.05) is 40.4 Å². The number of halogens is 2. The molecule has 4 rings (SSSR count). The highest BCUT2D eigenvalue weighted by atomic mass is 35.5. The predicted molar refractivity (Wildman–Crippen MR) is 127 cm³/mol. The number of benzene rings is 2. The van der Waals surface area contributed by atoms with E-state index >= 15 is 0 Å². The monoisotopic (exact) mass is 494 g/mol. The Morgan fingerprint density at radius 1 is 1.06 bits per heavy atom. The molecule has 0 amide bonds. The van der Waals surface area contributed by atoms with Gasteiger partial charge >= 0.3 is 0 Å². The van der Waals surface area contributed by atoms with Crippen molar-refractivity contribution < 1.29 is 14.2 Å². The third kappa shape index (κ3) is 5.44. The fraction of sp³-hybridized carbons (Fsp3) is 0.364. The highest BCUT2D eigenvalue weighted by Crippen LogP contribution is 2.28. The van der Waals surface area contributed by atoms with Crippen LogP contribution < -0.4 is 9.47 Å². The molecule has 170 valence electrons.